The summed E-state index contributed by atoms with van der Waals surface area (Å²) in [5, 5.41) is 0. The van der Waals surface area contributed by atoms with Crippen LogP contribution in [0.5, 0.6) is 0 Å². The molecule has 1 heterocycles. The standard InChI is InChI=1S/C24H26N.BF4/c1-24(2)16-10-15-20-21(18-11-6-4-7-12-18)17-22(25(3)23(20)24)19-13-8-5-9-14-19;2-1(3,4)5/h4-9,11-14,17H,10,15-16H2,1-3H3;/q+1;-1. The molecule has 0 amide bonds. The van der Waals surface area contributed by atoms with Gasteiger partial charge in [-0.15, -0.1) is 0 Å². The molecule has 0 atom stereocenters. The van der Waals surface area contributed by atoms with E-state index in [-0.39, 0.29) is 5.41 Å². The van der Waals surface area contributed by atoms with E-state index in [1.54, 1.807) is 0 Å². The Kier molecular flexibility index (Phi) is 6.34. The van der Waals surface area contributed by atoms with Crippen LogP contribution in [0.2, 0.25) is 0 Å². The molecule has 1 nitrogen and oxygen atoms in total. The molecule has 0 unspecified atom stereocenters. The lowest BCUT2D eigenvalue weighted by Gasteiger charge is -2.31. The number of pyridine rings is 1. The minimum Gasteiger partial charge on any atom is -0.418 e. The van der Waals surface area contributed by atoms with Gasteiger partial charge in [-0.3, -0.25) is 0 Å². The average molecular weight is 415 g/mol. The molecule has 0 fully saturated rings. The lowest BCUT2D eigenvalue weighted by Crippen LogP contribution is -2.46. The van der Waals surface area contributed by atoms with Crippen LogP contribution >= 0.6 is 0 Å². The van der Waals surface area contributed by atoms with E-state index in [0.717, 1.165) is 0 Å². The number of fused-ring (bicyclic) bond motifs is 1. The third-order valence-electron chi connectivity index (χ3n) is 5.61. The highest BCUT2D eigenvalue weighted by Crippen LogP contribution is 2.40. The lowest BCUT2D eigenvalue weighted by atomic mass is 9.73. The summed E-state index contributed by atoms with van der Waals surface area (Å²) in [4.78, 5) is 0. The van der Waals surface area contributed by atoms with Crippen molar-refractivity contribution >= 4 is 7.25 Å². The smallest absolute Gasteiger partial charge is 0.418 e. The van der Waals surface area contributed by atoms with E-state index in [2.05, 4.69) is 92.2 Å². The zero-order valence-electron chi connectivity index (χ0n) is 17.5. The summed E-state index contributed by atoms with van der Waals surface area (Å²) >= 11 is 0. The largest absolute Gasteiger partial charge is 0.673 e. The molecule has 4 rings (SSSR count). The second-order valence-corrected chi connectivity index (χ2v) is 8.29. The molecule has 0 spiro atoms. The normalized spacial score (nSPS) is 15.0. The van der Waals surface area contributed by atoms with E-state index < -0.39 is 7.25 Å². The van der Waals surface area contributed by atoms with Crippen molar-refractivity contribution in [3.8, 4) is 22.4 Å². The molecule has 2 aromatic carbocycles. The van der Waals surface area contributed by atoms with E-state index in [4.69, 9.17) is 0 Å². The molecular weight excluding hydrogens is 389 g/mol. The Morgan fingerprint density at radius 2 is 1.33 bits per heavy atom. The molecule has 0 bridgehead atoms. The maximum atomic E-state index is 9.75. The van der Waals surface area contributed by atoms with Crippen molar-refractivity contribution in [1.82, 2.24) is 0 Å². The first-order valence-electron chi connectivity index (χ1n) is 10.1. The monoisotopic (exact) mass is 415 g/mol. The Balaban J connectivity index is 0.000000461. The third kappa shape index (κ3) is 5.10. The Bertz CT molecular complexity index is 993. The molecule has 0 radical (unpaired) electrons. The fourth-order valence-corrected chi connectivity index (χ4v) is 4.47. The van der Waals surface area contributed by atoms with Gasteiger partial charge in [-0.05, 0) is 56.4 Å². The predicted molar refractivity (Wildman–Crippen MR) is 115 cm³/mol. The van der Waals surface area contributed by atoms with Crippen LogP contribution < -0.4 is 4.57 Å². The van der Waals surface area contributed by atoms with Crippen molar-refractivity contribution in [3.63, 3.8) is 0 Å². The molecule has 1 aliphatic carbocycles. The minimum atomic E-state index is -6.00. The van der Waals surface area contributed by atoms with Gasteiger partial charge >= 0.3 is 7.25 Å². The molecule has 0 N–H and O–H groups in total. The second kappa shape index (κ2) is 8.62. The Hall–Kier alpha value is -2.63. The van der Waals surface area contributed by atoms with E-state index in [1.807, 2.05) is 0 Å². The van der Waals surface area contributed by atoms with Gasteiger partial charge in [0.2, 0.25) is 5.69 Å². The highest BCUT2D eigenvalue weighted by atomic mass is 19.5. The minimum absolute atomic E-state index is 0.205. The summed E-state index contributed by atoms with van der Waals surface area (Å²) in [7, 11) is -3.76. The molecule has 158 valence electrons. The SMILES string of the molecule is C[n+]1c(-c2ccccc2)cc(-c2ccccc2)c2c1C(C)(C)CCC2.F[B-](F)(F)F. The van der Waals surface area contributed by atoms with Crippen LogP contribution in [-0.2, 0) is 18.9 Å². The Morgan fingerprint density at radius 3 is 1.87 bits per heavy atom. The molecule has 0 aliphatic heterocycles. The summed E-state index contributed by atoms with van der Waals surface area (Å²) in [5.41, 5.74) is 8.55. The maximum absolute atomic E-state index is 9.75. The van der Waals surface area contributed by atoms with Crippen molar-refractivity contribution in [2.75, 3.05) is 0 Å². The first-order chi connectivity index (χ1) is 14.1. The van der Waals surface area contributed by atoms with Crippen LogP contribution in [0.3, 0.4) is 0 Å². The summed E-state index contributed by atoms with van der Waals surface area (Å²) < 4.78 is 41.4. The number of aromatic nitrogens is 1. The molecule has 0 saturated carbocycles. The maximum Gasteiger partial charge on any atom is 0.673 e. The van der Waals surface area contributed by atoms with E-state index in [1.165, 1.54) is 52.9 Å². The van der Waals surface area contributed by atoms with Gasteiger partial charge in [0.05, 0.1) is 0 Å². The van der Waals surface area contributed by atoms with Crippen molar-refractivity contribution < 1.29 is 21.8 Å². The summed E-state index contributed by atoms with van der Waals surface area (Å²) in [6.45, 7) is 4.79. The molecule has 0 saturated heterocycles. The zero-order valence-corrected chi connectivity index (χ0v) is 17.5. The molecule has 1 aromatic heterocycles. The van der Waals surface area contributed by atoms with E-state index >= 15 is 0 Å². The van der Waals surface area contributed by atoms with Crippen molar-refractivity contribution in [2.45, 2.75) is 38.5 Å². The summed E-state index contributed by atoms with van der Waals surface area (Å²) in [6.07, 6.45) is 3.69. The van der Waals surface area contributed by atoms with Crippen LogP contribution in [0.1, 0.15) is 37.9 Å². The summed E-state index contributed by atoms with van der Waals surface area (Å²) in [5.74, 6) is 0. The zero-order chi connectivity index (χ0) is 21.9. The quantitative estimate of drug-likeness (QED) is 0.247. The number of hydrogen-bond donors (Lipinski definition) is 0. The van der Waals surface area contributed by atoms with Gasteiger partial charge in [0.15, 0.2) is 5.69 Å². The first-order valence-corrected chi connectivity index (χ1v) is 10.1. The lowest BCUT2D eigenvalue weighted by molar-refractivity contribution is -0.672. The topological polar surface area (TPSA) is 3.88 Å². The first kappa shape index (κ1) is 22.1. The molecular formula is C24H26BF4N. The fourth-order valence-electron chi connectivity index (χ4n) is 4.47. The van der Waals surface area contributed by atoms with Gasteiger partial charge in [0, 0.05) is 22.6 Å². The van der Waals surface area contributed by atoms with Gasteiger partial charge in [-0.2, -0.15) is 4.57 Å². The number of halogens is 4. The number of hydrogen-bond acceptors (Lipinski definition) is 0. The number of rotatable bonds is 2. The second-order valence-electron chi connectivity index (χ2n) is 8.29. The highest BCUT2D eigenvalue weighted by molar-refractivity contribution is 6.50. The van der Waals surface area contributed by atoms with Crippen molar-refractivity contribution in [2.24, 2.45) is 7.05 Å². The Labute approximate surface area is 175 Å². The van der Waals surface area contributed by atoms with E-state index in [0.29, 0.717) is 0 Å². The molecule has 6 heteroatoms. The molecule has 1 aliphatic rings. The van der Waals surface area contributed by atoms with Crippen LogP contribution in [-0.4, -0.2) is 7.25 Å². The van der Waals surface area contributed by atoms with E-state index in [9.17, 15) is 17.3 Å². The number of benzene rings is 2. The van der Waals surface area contributed by atoms with Crippen LogP contribution in [0.25, 0.3) is 22.4 Å². The average Bonchev–Trinajstić information content (AvgIpc) is 2.68. The van der Waals surface area contributed by atoms with Crippen molar-refractivity contribution in [1.29, 1.82) is 0 Å². The van der Waals surface area contributed by atoms with Gasteiger partial charge in [-0.1, -0.05) is 48.5 Å². The predicted octanol–water partition coefficient (Wildman–Crippen LogP) is 6.76. The van der Waals surface area contributed by atoms with Gasteiger partial charge in [0.25, 0.3) is 0 Å². The van der Waals surface area contributed by atoms with Gasteiger partial charge in [-0.25, -0.2) is 0 Å². The summed E-state index contributed by atoms with van der Waals surface area (Å²) in [6, 6.07) is 24.0. The highest BCUT2D eigenvalue weighted by Gasteiger charge is 2.38. The van der Waals surface area contributed by atoms with Crippen LogP contribution in [0.15, 0.2) is 66.7 Å². The van der Waals surface area contributed by atoms with Crippen LogP contribution in [0.4, 0.5) is 17.3 Å². The van der Waals surface area contributed by atoms with Crippen molar-refractivity contribution in [3.05, 3.63) is 78.0 Å². The van der Waals surface area contributed by atoms with Gasteiger partial charge in [0.1, 0.15) is 7.05 Å². The van der Waals surface area contributed by atoms with Gasteiger partial charge < -0.3 is 17.3 Å². The third-order valence-corrected chi connectivity index (χ3v) is 5.61. The number of nitrogens with zero attached hydrogens (tertiary/aromatic N) is 1. The molecule has 3 aromatic rings. The fraction of sp³-hybridized carbons (Fsp3) is 0.292. The Morgan fingerprint density at radius 1 is 0.833 bits per heavy atom. The molecule has 30 heavy (non-hydrogen) atoms. The van der Waals surface area contributed by atoms with Crippen LogP contribution in [0, 0.1) is 0 Å².